The molecule has 82 valence electrons. The highest BCUT2D eigenvalue weighted by molar-refractivity contribution is 6.28. The van der Waals surface area contributed by atoms with Crippen LogP contribution < -0.4 is 4.74 Å². The van der Waals surface area contributed by atoms with E-state index in [2.05, 4.69) is 15.0 Å². The first kappa shape index (κ1) is 10.8. The number of hydrogen-bond acceptors (Lipinski definition) is 4. The highest BCUT2D eigenvalue weighted by atomic mass is 35.5. The summed E-state index contributed by atoms with van der Waals surface area (Å²) in [5.41, 5.74) is 0.636. The van der Waals surface area contributed by atoms with E-state index in [-0.39, 0.29) is 11.2 Å². The highest BCUT2D eigenvalue weighted by Crippen LogP contribution is 2.24. The van der Waals surface area contributed by atoms with Crippen molar-refractivity contribution in [3.05, 3.63) is 41.3 Å². The second kappa shape index (κ2) is 4.40. The van der Waals surface area contributed by atoms with Gasteiger partial charge in [-0.05, 0) is 30.7 Å². The zero-order chi connectivity index (χ0) is 11.5. The minimum Gasteiger partial charge on any atom is -0.434 e. The third-order valence-corrected chi connectivity index (χ3v) is 2.03. The van der Waals surface area contributed by atoms with E-state index < -0.39 is 5.82 Å². The Balaban J connectivity index is 2.34. The third kappa shape index (κ3) is 2.25. The molecule has 0 aliphatic carbocycles. The minimum atomic E-state index is -0.673. The molecular weight excluding hydrogens is 233 g/mol. The molecule has 4 nitrogen and oxygen atoms in total. The van der Waals surface area contributed by atoms with E-state index in [0.717, 1.165) is 6.20 Å². The van der Waals surface area contributed by atoms with Crippen LogP contribution >= 0.6 is 11.6 Å². The molecule has 0 N–H and O–H groups in total. The lowest BCUT2D eigenvalue weighted by Gasteiger charge is -2.06. The Bertz CT molecular complexity index is 521. The molecule has 16 heavy (non-hydrogen) atoms. The molecule has 0 unspecified atom stereocenters. The highest BCUT2D eigenvalue weighted by Gasteiger charge is 2.09. The first-order chi connectivity index (χ1) is 7.66. The van der Waals surface area contributed by atoms with Crippen molar-refractivity contribution in [2.75, 3.05) is 0 Å². The van der Waals surface area contributed by atoms with Gasteiger partial charge < -0.3 is 4.74 Å². The Morgan fingerprint density at radius 1 is 1.38 bits per heavy atom. The fraction of sp³-hybridized carbons (Fsp3) is 0.100. The average molecular weight is 240 g/mol. The number of hydrogen-bond donors (Lipinski definition) is 0. The van der Waals surface area contributed by atoms with Gasteiger partial charge in [0.05, 0.1) is 11.9 Å². The van der Waals surface area contributed by atoms with Crippen LogP contribution in [0, 0.1) is 12.7 Å². The van der Waals surface area contributed by atoms with Crippen LogP contribution in [0.5, 0.6) is 11.6 Å². The van der Waals surface area contributed by atoms with Crippen LogP contribution in [0.3, 0.4) is 0 Å². The van der Waals surface area contributed by atoms with Gasteiger partial charge in [-0.2, -0.15) is 9.37 Å². The van der Waals surface area contributed by atoms with Gasteiger partial charge in [0.25, 0.3) is 5.88 Å². The summed E-state index contributed by atoms with van der Waals surface area (Å²) in [5, 5.41) is -0.0713. The second-order valence-corrected chi connectivity index (χ2v) is 3.32. The molecule has 0 aromatic carbocycles. The maximum Gasteiger partial charge on any atom is 0.260 e. The normalized spacial score (nSPS) is 10.2. The van der Waals surface area contributed by atoms with Gasteiger partial charge in [0, 0.05) is 6.20 Å². The van der Waals surface area contributed by atoms with Crippen molar-refractivity contribution in [3.63, 3.8) is 0 Å². The Kier molecular flexibility index (Phi) is 2.96. The van der Waals surface area contributed by atoms with Crippen LogP contribution in [-0.2, 0) is 0 Å². The zero-order valence-corrected chi connectivity index (χ0v) is 9.07. The summed E-state index contributed by atoms with van der Waals surface area (Å²) >= 11 is 5.54. The predicted octanol–water partition coefficient (Wildman–Crippen LogP) is 2.76. The van der Waals surface area contributed by atoms with Gasteiger partial charge in [-0.1, -0.05) is 0 Å². The lowest BCUT2D eigenvalue weighted by Crippen LogP contribution is -1.96. The molecule has 0 spiro atoms. The number of ether oxygens (including phenoxy) is 1. The predicted molar refractivity (Wildman–Crippen MR) is 56.0 cm³/mol. The van der Waals surface area contributed by atoms with Crippen molar-refractivity contribution in [2.45, 2.75) is 6.92 Å². The van der Waals surface area contributed by atoms with Gasteiger partial charge in [-0.25, -0.2) is 4.98 Å². The Morgan fingerprint density at radius 2 is 2.19 bits per heavy atom. The maximum absolute atomic E-state index is 13.3. The van der Waals surface area contributed by atoms with E-state index in [1.807, 2.05) is 0 Å². The minimum absolute atomic E-state index is 0.0713. The molecule has 0 saturated carbocycles. The lowest BCUT2D eigenvalue weighted by molar-refractivity contribution is 0.415. The molecule has 0 aliphatic heterocycles. The summed E-state index contributed by atoms with van der Waals surface area (Å²) in [4.78, 5) is 11.1. The van der Waals surface area contributed by atoms with Crippen LogP contribution in [0.4, 0.5) is 4.39 Å². The number of halogens is 2. The largest absolute Gasteiger partial charge is 0.434 e. The van der Waals surface area contributed by atoms with E-state index in [1.54, 1.807) is 25.3 Å². The number of pyridine rings is 1. The number of aromatic nitrogens is 3. The average Bonchev–Trinajstić information content (AvgIpc) is 2.27. The molecule has 0 amide bonds. The van der Waals surface area contributed by atoms with E-state index in [0.29, 0.717) is 11.4 Å². The molecule has 2 heterocycles. The molecule has 0 saturated heterocycles. The molecule has 0 fully saturated rings. The molecule has 2 rings (SSSR count). The molecular formula is C10H7ClFN3O. The summed E-state index contributed by atoms with van der Waals surface area (Å²) in [6.45, 7) is 1.75. The van der Waals surface area contributed by atoms with Gasteiger partial charge in [0.15, 0.2) is 5.75 Å². The van der Waals surface area contributed by atoms with Gasteiger partial charge in [-0.3, -0.25) is 4.98 Å². The molecule has 0 atom stereocenters. The van der Waals surface area contributed by atoms with Crippen molar-refractivity contribution >= 4 is 11.6 Å². The van der Waals surface area contributed by atoms with Gasteiger partial charge in [-0.15, -0.1) is 0 Å². The van der Waals surface area contributed by atoms with E-state index in [1.165, 1.54) is 0 Å². The van der Waals surface area contributed by atoms with Crippen LogP contribution in [-0.4, -0.2) is 15.0 Å². The number of rotatable bonds is 2. The zero-order valence-electron chi connectivity index (χ0n) is 8.32. The summed E-state index contributed by atoms with van der Waals surface area (Å²) in [5.74, 6) is -0.458. The van der Waals surface area contributed by atoms with Crippen LogP contribution in [0.15, 0.2) is 24.5 Å². The fourth-order valence-corrected chi connectivity index (χ4v) is 1.21. The first-order valence-electron chi connectivity index (χ1n) is 4.44. The topological polar surface area (TPSA) is 47.9 Å². The van der Waals surface area contributed by atoms with E-state index in [9.17, 15) is 4.39 Å². The van der Waals surface area contributed by atoms with Crippen molar-refractivity contribution < 1.29 is 9.13 Å². The van der Waals surface area contributed by atoms with E-state index >= 15 is 0 Å². The molecule has 2 aromatic heterocycles. The third-order valence-electron chi connectivity index (χ3n) is 1.85. The Labute approximate surface area is 96.1 Å². The SMILES string of the molecule is Cc1ncccc1Oc1nc(Cl)ncc1F. The monoisotopic (exact) mass is 239 g/mol. The van der Waals surface area contributed by atoms with E-state index in [4.69, 9.17) is 16.3 Å². The Morgan fingerprint density at radius 3 is 2.94 bits per heavy atom. The van der Waals surface area contributed by atoms with Gasteiger partial charge >= 0.3 is 0 Å². The number of nitrogens with zero attached hydrogens (tertiary/aromatic N) is 3. The smallest absolute Gasteiger partial charge is 0.260 e. The first-order valence-corrected chi connectivity index (χ1v) is 4.82. The van der Waals surface area contributed by atoms with Crippen molar-refractivity contribution in [1.82, 2.24) is 15.0 Å². The van der Waals surface area contributed by atoms with Crippen molar-refractivity contribution in [3.8, 4) is 11.6 Å². The standard InChI is InChI=1S/C10H7ClFN3O/c1-6-8(3-2-4-13-6)16-9-7(12)5-14-10(11)15-9/h2-5H,1H3. The summed E-state index contributed by atoms with van der Waals surface area (Å²) < 4.78 is 18.5. The van der Waals surface area contributed by atoms with Crippen LogP contribution in [0.25, 0.3) is 0 Å². The van der Waals surface area contributed by atoms with Gasteiger partial charge in [0.2, 0.25) is 11.1 Å². The van der Waals surface area contributed by atoms with Crippen molar-refractivity contribution in [1.29, 1.82) is 0 Å². The lowest BCUT2D eigenvalue weighted by atomic mass is 10.3. The molecule has 0 bridgehead atoms. The summed E-state index contributed by atoms with van der Waals surface area (Å²) in [6, 6.07) is 3.35. The van der Waals surface area contributed by atoms with Crippen LogP contribution in [0.2, 0.25) is 5.28 Å². The molecule has 6 heteroatoms. The fourth-order valence-electron chi connectivity index (χ4n) is 1.08. The second-order valence-electron chi connectivity index (χ2n) is 2.98. The van der Waals surface area contributed by atoms with Crippen LogP contribution in [0.1, 0.15) is 5.69 Å². The molecule has 2 aromatic rings. The maximum atomic E-state index is 13.3. The quantitative estimate of drug-likeness (QED) is 0.756. The molecule has 0 aliphatic rings. The van der Waals surface area contributed by atoms with Gasteiger partial charge in [0.1, 0.15) is 0 Å². The number of aryl methyl sites for hydroxylation is 1. The van der Waals surface area contributed by atoms with Crippen molar-refractivity contribution in [2.24, 2.45) is 0 Å². The molecule has 0 radical (unpaired) electrons. The summed E-state index contributed by atoms with van der Waals surface area (Å²) in [6.07, 6.45) is 2.57. The Hall–Kier alpha value is -1.75. The summed E-state index contributed by atoms with van der Waals surface area (Å²) in [7, 11) is 0.